The maximum atomic E-state index is 12.9. The summed E-state index contributed by atoms with van der Waals surface area (Å²) in [5.41, 5.74) is 3.08. The van der Waals surface area contributed by atoms with Gasteiger partial charge in [-0.05, 0) is 41.5 Å². The zero-order valence-corrected chi connectivity index (χ0v) is 20.8. The summed E-state index contributed by atoms with van der Waals surface area (Å²) < 4.78 is 27.2. The minimum atomic E-state index is -0.663. The molecule has 0 atom stereocenters. The van der Waals surface area contributed by atoms with Crippen molar-refractivity contribution in [2.45, 2.75) is 6.92 Å². The van der Waals surface area contributed by atoms with Crippen LogP contribution in [0.25, 0.3) is 21.9 Å². The van der Waals surface area contributed by atoms with Crippen molar-refractivity contribution in [1.29, 1.82) is 0 Å². The number of esters is 2. The van der Waals surface area contributed by atoms with Crippen molar-refractivity contribution in [1.82, 2.24) is 0 Å². The molecule has 5 rings (SSSR count). The molecule has 8 heteroatoms. The first kappa shape index (κ1) is 24.9. The number of ether oxygens (including phenoxy) is 5. The highest BCUT2D eigenvalue weighted by Gasteiger charge is 2.27. The number of rotatable bonds is 6. The van der Waals surface area contributed by atoms with E-state index in [1.807, 2.05) is 0 Å². The standard InChI is InChI=1S/C22H19ClO7.C6H4/c1-12(24)29-19-16-11-13(23)9-10-14(16)18(20(27-3)21(19)28-4)30-22(25)15-7-5-6-8-17(15)26-2;1-2-6-4-3-5(1)6/h5-11H,1-4H3;1-4H. The van der Waals surface area contributed by atoms with Crippen LogP contribution < -0.4 is 23.7 Å². The number of hydrogen-bond donors (Lipinski definition) is 0. The fourth-order valence-corrected chi connectivity index (χ4v) is 3.87. The fraction of sp³-hybridized carbons (Fsp3) is 0.143. The van der Waals surface area contributed by atoms with Crippen LogP contribution >= 0.6 is 11.6 Å². The van der Waals surface area contributed by atoms with Crippen molar-refractivity contribution in [3.05, 3.63) is 77.3 Å². The van der Waals surface area contributed by atoms with Crippen LogP contribution in [-0.2, 0) is 4.79 Å². The molecule has 0 fully saturated rings. The number of methoxy groups -OCH3 is 3. The second-order valence-corrected chi connectivity index (χ2v) is 8.11. The van der Waals surface area contributed by atoms with Gasteiger partial charge in [0.05, 0.1) is 21.3 Å². The average molecular weight is 507 g/mol. The molecule has 2 aliphatic carbocycles. The van der Waals surface area contributed by atoms with Crippen molar-refractivity contribution in [2.75, 3.05) is 21.3 Å². The number of carbonyl (C=O) groups excluding carboxylic acids is 2. The van der Waals surface area contributed by atoms with Gasteiger partial charge in [0.15, 0.2) is 11.5 Å². The highest BCUT2D eigenvalue weighted by atomic mass is 35.5. The maximum Gasteiger partial charge on any atom is 0.347 e. The van der Waals surface area contributed by atoms with E-state index in [0.29, 0.717) is 21.5 Å². The Hall–Kier alpha value is -4.23. The van der Waals surface area contributed by atoms with Gasteiger partial charge in [-0.2, -0.15) is 0 Å². The first-order valence-electron chi connectivity index (χ1n) is 10.9. The van der Waals surface area contributed by atoms with E-state index in [0.717, 1.165) is 0 Å². The van der Waals surface area contributed by atoms with Crippen LogP contribution in [0.5, 0.6) is 28.7 Å². The van der Waals surface area contributed by atoms with Crippen molar-refractivity contribution in [3.8, 4) is 39.9 Å². The molecule has 184 valence electrons. The second kappa shape index (κ2) is 10.6. The van der Waals surface area contributed by atoms with E-state index in [2.05, 4.69) is 24.3 Å². The highest BCUT2D eigenvalue weighted by molar-refractivity contribution is 6.31. The molecule has 0 radical (unpaired) electrons. The van der Waals surface area contributed by atoms with Gasteiger partial charge in [-0.1, -0.05) is 48.0 Å². The Balaban J connectivity index is 0.000000434. The Bertz CT molecular complexity index is 1420. The van der Waals surface area contributed by atoms with Gasteiger partial charge in [0.25, 0.3) is 0 Å². The molecule has 0 N–H and O–H groups in total. The number of para-hydroxylation sites is 1. The van der Waals surface area contributed by atoms with E-state index in [1.54, 1.807) is 42.5 Å². The molecular formula is C28H23ClO7. The molecule has 0 aromatic heterocycles. The first-order chi connectivity index (χ1) is 17.4. The molecule has 0 saturated carbocycles. The van der Waals surface area contributed by atoms with Crippen LogP contribution in [0.2, 0.25) is 5.02 Å². The summed E-state index contributed by atoms with van der Waals surface area (Å²) in [6.07, 6.45) is 0. The lowest BCUT2D eigenvalue weighted by molar-refractivity contribution is -0.131. The lowest BCUT2D eigenvalue weighted by Crippen LogP contribution is -2.12. The third-order valence-electron chi connectivity index (χ3n) is 5.48. The summed E-state index contributed by atoms with van der Waals surface area (Å²) in [6, 6.07) is 20.0. The zero-order chi connectivity index (χ0) is 25.8. The van der Waals surface area contributed by atoms with E-state index < -0.39 is 11.9 Å². The van der Waals surface area contributed by atoms with Crippen molar-refractivity contribution >= 4 is 34.3 Å². The lowest BCUT2D eigenvalue weighted by atomic mass is 9.95. The number of hydrogen-bond acceptors (Lipinski definition) is 7. The minimum Gasteiger partial charge on any atom is -0.496 e. The van der Waals surface area contributed by atoms with Gasteiger partial charge >= 0.3 is 11.9 Å². The average Bonchev–Trinajstić information content (AvgIpc) is 2.87. The molecule has 0 unspecified atom stereocenters. The van der Waals surface area contributed by atoms with Gasteiger partial charge in [0.1, 0.15) is 11.3 Å². The van der Waals surface area contributed by atoms with Crippen LogP contribution in [0.3, 0.4) is 0 Å². The molecule has 0 bridgehead atoms. The molecule has 3 aromatic rings. The van der Waals surface area contributed by atoms with Crippen molar-refractivity contribution in [2.24, 2.45) is 0 Å². The van der Waals surface area contributed by atoms with Gasteiger partial charge in [-0.15, -0.1) is 0 Å². The van der Waals surface area contributed by atoms with Gasteiger partial charge < -0.3 is 23.7 Å². The topological polar surface area (TPSA) is 80.3 Å². The summed E-state index contributed by atoms with van der Waals surface area (Å²) in [6.45, 7) is 1.26. The normalized spacial score (nSPS) is 10.6. The number of halogens is 1. The third-order valence-corrected chi connectivity index (χ3v) is 5.72. The fourth-order valence-electron chi connectivity index (χ4n) is 3.69. The molecule has 36 heavy (non-hydrogen) atoms. The van der Waals surface area contributed by atoms with Crippen LogP contribution in [-0.4, -0.2) is 33.3 Å². The molecule has 2 aliphatic rings. The summed E-state index contributed by atoms with van der Waals surface area (Å²) >= 11 is 6.15. The van der Waals surface area contributed by atoms with Crippen LogP contribution in [0.4, 0.5) is 0 Å². The second-order valence-electron chi connectivity index (χ2n) is 7.68. The van der Waals surface area contributed by atoms with Crippen molar-refractivity contribution < 1.29 is 33.3 Å². The van der Waals surface area contributed by atoms with Gasteiger partial charge in [0.2, 0.25) is 11.5 Å². The van der Waals surface area contributed by atoms with E-state index in [9.17, 15) is 9.59 Å². The zero-order valence-electron chi connectivity index (χ0n) is 20.1. The smallest absolute Gasteiger partial charge is 0.347 e. The van der Waals surface area contributed by atoms with Crippen molar-refractivity contribution in [3.63, 3.8) is 0 Å². The predicted molar refractivity (Wildman–Crippen MR) is 137 cm³/mol. The summed E-state index contributed by atoms with van der Waals surface area (Å²) in [4.78, 5) is 24.6. The predicted octanol–water partition coefficient (Wildman–Crippen LogP) is 6.33. The monoisotopic (exact) mass is 506 g/mol. The maximum absolute atomic E-state index is 12.9. The van der Waals surface area contributed by atoms with Gasteiger partial charge in [-0.3, -0.25) is 4.79 Å². The molecule has 0 aliphatic heterocycles. The minimum absolute atomic E-state index is 0.0882. The summed E-state index contributed by atoms with van der Waals surface area (Å²) in [5.74, 6) is -0.488. The molecule has 3 aromatic carbocycles. The number of carbonyl (C=O) groups is 2. The largest absolute Gasteiger partial charge is 0.496 e. The summed E-state index contributed by atoms with van der Waals surface area (Å²) in [5, 5.41) is 1.25. The number of benzene rings is 4. The SMILES string of the molecule is COc1ccccc1C(=O)Oc1c(OC)c(OC)c(OC(C)=O)c2cc(Cl)ccc12.c1cc2ccc1-2. The quantitative estimate of drug-likeness (QED) is 0.196. The van der Waals surface area contributed by atoms with Crippen LogP contribution in [0.15, 0.2) is 66.7 Å². The van der Waals surface area contributed by atoms with Crippen LogP contribution in [0.1, 0.15) is 17.3 Å². The molecule has 0 heterocycles. The molecule has 0 amide bonds. The van der Waals surface area contributed by atoms with Gasteiger partial charge in [-0.25, -0.2) is 4.79 Å². The number of fused-ring (bicyclic) bond motifs is 2. The Morgan fingerprint density at radius 3 is 1.75 bits per heavy atom. The Kier molecular flexibility index (Phi) is 7.31. The molecule has 0 saturated heterocycles. The lowest BCUT2D eigenvalue weighted by Gasteiger charge is -2.19. The third kappa shape index (κ3) is 4.78. The van der Waals surface area contributed by atoms with E-state index >= 15 is 0 Å². The first-order valence-corrected chi connectivity index (χ1v) is 11.3. The van der Waals surface area contributed by atoms with E-state index in [-0.39, 0.29) is 28.6 Å². The molecule has 0 spiro atoms. The molecular weight excluding hydrogens is 484 g/mol. The Labute approximate surface area is 213 Å². The Morgan fingerprint density at radius 2 is 1.25 bits per heavy atom. The van der Waals surface area contributed by atoms with Gasteiger partial charge in [0, 0.05) is 22.7 Å². The van der Waals surface area contributed by atoms with Crippen LogP contribution in [0, 0.1) is 0 Å². The molecule has 7 nitrogen and oxygen atoms in total. The highest BCUT2D eigenvalue weighted by Crippen LogP contribution is 2.51. The Morgan fingerprint density at radius 1 is 0.667 bits per heavy atom. The summed E-state index contributed by atoms with van der Waals surface area (Å²) in [7, 11) is 4.23. The van der Waals surface area contributed by atoms with E-state index in [4.69, 9.17) is 35.3 Å². The van der Waals surface area contributed by atoms with E-state index in [1.165, 1.54) is 39.4 Å².